The Labute approximate surface area is 137 Å². The Morgan fingerprint density at radius 3 is 3.00 bits per heavy atom. The van der Waals surface area contributed by atoms with Crippen molar-refractivity contribution in [3.63, 3.8) is 0 Å². The Bertz CT molecular complexity index is 650. The summed E-state index contributed by atoms with van der Waals surface area (Å²) >= 11 is 0. The van der Waals surface area contributed by atoms with Crippen LogP contribution in [-0.4, -0.2) is 39.2 Å². The first-order valence-corrected chi connectivity index (χ1v) is 8.48. The third-order valence-electron chi connectivity index (χ3n) is 4.80. The molecule has 0 bridgehead atoms. The summed E-state index contributed by atoms with van der Waals surface area (Å²) in [5.74, 6) is 1.22. The zero-order valence-corrected chi connectivity index (χ0v) is 13.7. The van der Waals surface area contributed by atoms with Gasteiger partial charge < -0.3 is 9.30 Å². The summed E-state index contributed by atoms with van der Waals surface area (Å²) < 4.78 is 8.17. The molecule has 4 rings (SSSR count). The van der Waals surface area contributed by atoms with Crippen molar-refractivity contribution in [1.29, 1.82) is 0 Å². The molecule has 0 N–H and O–H groups in total. The van der Waals surface area contributed by atoms with Gasteiger partial charge in [0.2, 0.25) is 0 Å². The van der Waals surface area contributed by atoms with Crippen molar-refractivity contribution >= 4 is 0 Å². The maximum absolute atomic E-state index is 6.00. The number of ether oxygens (including phenoxy) is 1. The average molecular weight is 312 g/mol. The zero-order valence-electron chi connectivity index (χ0n) is 13.7. The van der Waals surface area contributed by atoms with Gasteiger partial charge in [0.05, 0.1) is 18.6 Å². The average Bonchev–Trinajstić information content (AvgIpc) is 3.31. The molecule has 1 fully saturated rings. The van der Waals surface area contributed by atoms with Crippen LogP contribution in [0.4, 0.5) is 0 Å². The first kappa shape index (κ1) is 14.8. The number of rotatable bonds is 6. The summed E-state index contributed by atoms with van der Waals surface area (Å²) in [6.07, 6.45) is 8.40. The van der Waals surface area contributed by atoms with Crippen molar-refractivity contribution in [2.24, 2.45) is 13.0 Å². The minimum Gasteiger partial charge on any atom is -0.380 e. The smallest absolute Gasteiger partial charge is 0.0949 e. The number of hydrogen-bond donors (Lipinski definition) is 0. The highest BCUT2D eigenvalue weighted by atomic mass is 16.5. The molecule has 0 aromatic carbocycles. The lowest BCUT2D eigenvalue weighted by Gasteiger charge is -2.32. The van der Waals surface area contributed by atoms with E-state index in [0.717, 1.165) is 38.8 Å². The van der Waals surface area contributed by atoms with Crippen LogP contribution in [0.3, 0.4) is 0 Å². The van der Waals surface area contributed by atoms with E-state index in [2.05, 4.69) is 32.5 Å². The Balaban J connectivity index is 1.46. The van der Waals surface area contributed by atoms with Crippen LogP contribution in [-0.2, 0) is 24.9 Å². The first-order chi connectivity index (χ1) is 11.3. The van der Waals surface area contributed by atoms with Crippen LogP contribution in [0, 0.1) is 5.92 Å². The van der Waals surface area contributed by atoms with E-state index in [4.69, 9.17) is 4.74 Å². The van der Waals surface area contributed by atoms with Gasteiger partial charge in [0.1, 0.15) is 0 Å². The second-order valence-corrected chi connectivity index (χ2v) is 6.90. The van der Waals surface area contributed by atoms with Crippen LogP contribution >= 0.6 is 0 Å². The van der Waals surface area contributed by atoms with E-state index >= 15 is 0 Å². The maximum Gasteiger partial charge on any atom is 0.0949 e. The van der Waals surface area contributed by atoms with E-state index in [1.54, 1.807) is 0 Å². The van der Waals surface area contributed by atoms with Gasteiger partial charge in [-0.1, -0.05) is 6.07 Å². The SMILES string of the molecule is Cn1cnc2c1[C@@H](COCC1CC1)CN(Cc1cccnc1)C2. The van der Waals surface area contributed by atoms with E-state index in [-0.39, 0.29) is 0 Å². The minimum atomic E-state index is 0.404. The number of fused-ring (bicyclic) bond motifs is 1. The highest BCUT2D eigenvalue weighted by Gasteiger charge is 2.30. The van der Waals surface area contributed by atoms with Crippen molar-refractivity contribution in [3.8, 4) is 0 Å². The Morgan fingerprint density at radius 1 is 1.30 bits per heavy atom. The lowest BCUT2D eigenvalue weighted by Crippen LogP contribution is -2.36. The molecule has 5 heteroatoms. The van der Waals surface area contributed by atoms with Gasteiger partial charge in [-0.05, 0) is 30.4 Å². The largest absolute Gasteiger partial charge is 0.380 e. The van der Waals surface area contributed by atoms with Crippen molar-refractivity contribution in [1.82, 2.24) is 19.4 Å². The molecule has 1 aliphatic heterocycles. The molecule has 3 heterocycles. The van der Waals surface area contributed by atoms with Gasteiger partial charge in [0, 0.05) is 57.3 Å². The van der Waals surface area contributed by atoms with E-state index in [0.29, 0.717) is 5.92 Å². The third kappa shape index (κ3) is 3.46. The van der Waals surface area contributed by atoms with E-state index in [9.17, 15) is 0 Å². The molecule has 0 radical (unpaired) electrons. The van der Waals surface area contributed by atoms with Gasteiger partial charge in [0.15, 0.2) is 0 Å². The molecule has 1 aliphatic carbocycles. The Kier molecular flexibility index (Phi) is 4.14. The fourth-order valence-electron chi connectivity index (χ4n) is 3.47. The molecule has 0 spiro atoms. The van der Waals surface area contributed by atoms with Crippen LogP contribution in [0.15, 0.2) is 30.9 Å². The maximum atomic E-state index is 6.00. The number of imidazole rings is 1. The van der Waals surface area contributed by atoms with Crippen molar-refractivity contribution in [2.75, 3.05) is 19.8 Å². The fourth-order valence-corrected chi connectivity index (χ4v) is 3.47. The molecule has 2 aliphatic rings. The van der Waals surface area contributed by atoms with Gasteiger partial charge in [-0.15, -0.1) is 0 Å². The highest BCUT2D eigenvalue weighted by molar-refractivity contribution is 5.22. The zero-order chi connectivity index (χ0) is 15.6. The van der Waals surface area contributed by atoms with Gasteiger partial charge in [-0.2, -0.15) is 0 Å². The molecular formula is C18H24N4O. The first-order valence-electron chi connectivity index (χ1n) is 8.48. The predicted octanol–water partition coefficient (Wildman–Crippen LogP) is 2.34. The lowest BCUT2D eigenvalue weighted by atomic mass is 9.98. The molecule has 1 saturated carbocycles. The van der Waals surface area contributed by atoms with Crippen LogP contribution < -0.4 is 0 Å². The summed E-state index contributed by atoms with van der Waals surface area (Å²) in [5.41, 5.74) is 3.80. The topological polar surface area (TPSA) is 43.2 Å². The molecule has 2 aromatic heterocycles. The van der Waals surface area contributed by atoms with Crippen LogP contribution in [0.5, 0.6) is 0 Å². The molecular weight excluding hydrogens is 288 g/mol. The van der Waals surface area contributed by atoms with Crippen molar-refractivity contribution in [2.45, 2.75) is 31.8 Å². The summed E-state index contributed by atoms with van der Waals surface area (Å²) in [5, 5.41) is 0. The quantitative estimate of drug-likeness (QED) is 0.821. The van der Waals surface area contributed by atoms with E-state index in [1.807, 2.05) is 24.8 Å². The second kappa shape index (κ2) is 6.42. The van der Waals surface area contributed by atoms with E-state index in [1.165, 1.54) is 29.8 Å². The summed E-state index contributed by atoms with van der Waals surface area (Å²) in [6, 6.07) is 4.14. The fraction of sp³-hybridized carbons (Fsp3) is 0.556. The van der Waals surface area contributed by atoms with Gasteiger partial charge in [0.25, 0.3) is 0 Å². The van der Waals surface area contributed by atoms with Crippen molar-refractivity contribution < 1.29 is 4.74 Å². The molecule has 2 aromatic rings. The summed E-state index contributed by atoms with van der Waals surface area (Å²) in [7, 11) is 2.09. The molecule has 0 saturated heterocycles. The molecule has 0 unspecified atom stereocenters. The second-order valence-electron chi connectivity index (χ2n) is 6.90. The molecule has 0 amide bonds. The molecule has 5 nitrogen and oxygen atoms in total. The third-order valence-corrected chi connectivity index (χ3v) is 4.80. The van der Waals surface area contributed by atoms with Crippen LogP contribution in [0.25, 0.3) is 0 Å². The summed E-state index contributed by atoms with van der Waals surface area (Å²) in [4.78, 5) is 11.3. The number of nitrogens with zero attached hydrogens (tertiary/aromatic N) is 4. The lowest BCUT2D eigenvalue weighted by molar-refractivity contribution is 0.0867. The molecule has 1 atom stereocenters. The van der Waals surface area contributed by atoms with Gasteiger partial charge in [-0.25, -0.2) is 4.98 Å². The van der Waals surface area contributed by atoms with Gasteiger partial charge in [-0.3, -0.25) is 9.88 Å². The molecule has 23 heavy (non-hydrogen) atoms. The Morgan fingerprint density at radius 2 is 2.22 bits per heavy atom. The Hall–Kier alpha value is -1.72. The van der Waals surface area contributed by atoms with Crippen molar-refractivity contribution in [3.05, 3.63) is 47.8 Å². The standard InChI is InChI=1S/C18H24N4O/c1-21-13-20-17-10-22(8-15-3-2-6-19-7-15)9-16(18(17)21)12-23-11-14-4-5-14/h2-3,6-7,13-14,16H,4-5,8-12H2,1H3/t16-/m1/s1. The minimum absolute atomic E-state index is 0.404. The van der Waals surface area contributed by atoms with Crippen LogP contribution in [0.2, 0.25) is 0 Å². The van der Waals surface area contributed by atoms with Crippen LogP contribution in [0.1, 0.15) is 35.7 Å². The van der Waals surface area contributed by atoms with Gasteiger partial charge >= 0.3 is 0 Å². The molecule has 122 valence electrons. The highest BCUT2D eigenvalue weighted by Crippen LogP contribution is 2.31. The predicted molar refractivity (Wildman–Crippen MR) is 87.8 cm³/mol. The number of aromatic nitrogens is 3. The number of aryl methyl sites for hydroxylation is 1. The summed E-state index contributed by atoms with van der Waals surface area (Å²) in [6.45, 7) is 4.57. The normalized spacial score (nSPS) is 21.3. The number of pyridine rings is 1. The monoisotopic (exact) mass is 312 g/mol. The van der Waals surface area contributed by atoms with E-state index < -0.39 is 0 Å². The number of hydrogen-bond acceptors (Lipinski definition) is 4.